The van der Waals surface area contributed by atoms with Crippen molar-refractivity contribution in [1.29, 1.82) is 0 Å². The lowest BCUT2D eigenvalue weighted by Gasteiger charge is -2.04. The van der Waals surface area contributed by atoms with Gasteiger partial charge in [-0.15, -0.1) is 0 Å². The molecule has 0 saturated heterocycles. The number of H-pyrrole nitrogens is 1. The lowest BCUT2D eigenvalue weighted by Crippen LogP contribution is -1.81. The van der Waals surface area contributed by atoms with E-state index in [0.717, 1.165) is 32.2 Å². The van der Waals surface area contributed by atoms with Crippen LogP contribution in [0.5, 0.6) is 0 Å². The van der Waals surface area contributed by atoms with Crippen molar-refractivity contribution in [3.05, 3.63) is 77.6 Å². The van der Waals surface area contributed by atoms with Gasteiger partial charge in [-0.1, -0.05) is 59.6 Å². The average Bonchev–Trinajstić information content (AvgIpc) is 3.10. The standard InChI is InChI=1S/C19H12ClFN2S.CH5NS/c20-15-11-14(9-10-16(15)21)24-13-7-5-12(6-8-13)19-22-17-3-1-2-4-18(17)23-19;1-3-2/h1-11H,(H,22,23);2H2,1H3. The van der Waals surface area contributed by atoms with Gasteiger partial charge >= 0.3 is 0 Å². The van der Waals surface area contributed by atoms with Crippen molar-refractivity contribution in [3.8, 4) is 11.4 Å². The van der Waals surface area contributed by atoms with Gasteiger partial charge in [0.2, 0.25) is 0 Å². The minimum Gasteiger partial charge on any atom is -0.338 e. The second-order valence-corrected chi connectivity index (χ2v) is 7.57. The van der Waals surface area contributed by atoms with Gasteiger partial charge in [0, 0.05) is 15.4 Å². The summed E-state index contributed by atoms with van der Waals surface area (Å²) in [6.07, 6.45) is 1.82. The lowest BCUT2D eigenvalue weighted by molar-refractivity contribution is 0.627. The zero-order valence-electron chi connectivity index (χ0n) is 14.4. The van der Waals surface area contributed by atoms with Crippen LogP contribution in [-0.2, 0) is 0 Å². The molecule has 0 aliphatic rings. The summed E-state index contributed by atoms with van der Waals surface area (Å²) in [4.78, 5) is 9.87. The predicted octanol–water partition coefficient (Wildman–Crippen LogP) is 6.40. The number of para-hydroxylation sites is 2. The molecule has 0 spiro atoms. The molecule has 0 saturated carbocycles. The summed E-state index contributed by atoms with van der Waals surface area (Å²) in [7, 11) is 0. The molecule has 0 amide bonds. The first kappa shape index (κ1) is 19.8. The molecule has 0 unspecified atom stereocenters. The number of aromatic nitrogens is 2. The fraction of sp³-hybridized carbons (Fsp3) is 0.0500. The Morgan fingerprint density at radius 2 is 1.67 bits per heavy atom. The van der Waals surface area contributed by atoms with E-state index in [0.29, 0.717) is 0 Å². The second kappa shape index (κ2) is 9.28. The van der Waals surface area contributed by atoms with Gasteiger partial charge in [-0.3, -0.25) is 5.14 Å². The summed E-state index contributed by atoms with van der Waals surface area (Å²) in [5.41, 5.74) is 2.99. The zero-order valence-corrected chi connectivity index (χ0v) is 16.8. The molecule has 0 aliphatic heterocycles. The maximum atomic E-state index is 13.2. The number of fused-ring (bicyclic) bond motifs is 1. The first-order chi connectivity index (χ1) is 13.1. The molecule has 0 bridgehead atoms. The van der Waals surface area contributed by atoms with Gasteiger partial charge in [0.25, 0.3) is 0 Å². The highest BCUT2D eigenvalue weighted by Crippen LogP contribution is 2.31. The Kier molecular flexibility index (Phi) is 6.79. The SMILES string of the molecule is CSN.Fc1ccc(Sc2ccc(-c3nc4ccccc4[nH]3)cc2)cc1Cl. The Labute approximate surface area is 170 Å². The van der Waals surface area contributed by atoms with Crippen molar-refractivity contribution in [2.24, 2.45) is 5.14 Å². The van der Waals surface area contributed by atoms with Crippen LogP contribution >= 0.6 is 35.3 Å². The fourth-order valence-corrected chi connectivity index (χ4v) is 3.55. The van der Waals surface area contributed by atoms with Crippen molar-refractivity contribution in [1.82, 2.24) is 9.97 Å². The molecule has 4 aromatic rings. The molecule has 3 N–H and O–H groups in total. The number of imidazole rings is 1. The van der Waals surface area contributed by atoms with Crippen molar-refractivity contribution in [2.45, 2.75) is 9.79 Å². The molecule has 138 valence electrons. The van der Waals surface area contributed by atoms with Crippen molar-refractivity contribution in [2.75, 3.05) is 6.26 Å². The highest BCUT2D eigenvalue weighted by Gasteiger charge is 2.06. The second-order valence-electron chi connectivity index (χ2n) is 5.54. The molecular weight excluding hydrogens is 401 g/mol. The van der Waals surface area contributed by atoms with Gasteiger partial charge in [0.05, 0.1) is 16.1 Å². The molecule has 1 heterocycles. The Bertz CT molecular complexity index is 1000. The smallest absolute Gasteiger partial charge is 0.141 e. The van der Waals surface area contributed by atoms with Gasteiger partial charge in [-0.05, 0) is 48.7 Å². The first-order valence-electron chi connectivity index (χ1n) is 8.01. The quantitative estimate of drug-likeness (QED) is 0.379. The highest BCUT2D eigenvalue weighted by atomic mass is 35.5. The van der Waals surface area contributed by atoms with E-state index in [1.165, 1.54) is 29.8 Å². The molecule has 7 heteroatoms. The summed E-state index contributed by atoms with van der Waals surface area (Å²) >= 11 is 8.61. The van der Waals surface area contributed by atoms with E-state index < -0.39 is 5.82 Å². The van der Waals surface area contributed by atoms with Gasteiger partial charge in [0.1, 0.15) is 11.6 Å². The number of nitrogens with one attached hydrogen (secondary N) is 1. The number of aromatic amines is 1. The maximum absolute atomic E-state index is 13.2. The normalized spacial score (nSPS) is 10.5. The average molecular weight is 418 g/mol. The summed E-state index contributed by atoms with van der Waals surface area (Å²) in [5, 5.41) is 4.90. The van der Waals surface area contributed by atoms with Crippen LogP contribution in [0.1, 0.15) is 0 Å². The van der Waals surface area contributed by atoms with Crippen LogP contribution in [0.25, 0.3) is 22.4 Å². The van der Waals surface area contributed by atoms with Crippen LogP contribution in [0.2, 0.25) is 5.02 Å². The van der Waals surface area contributed by atoms with Crippen molar-refractivity contribution < 1.29 is 4.39 Å². The fourth-order valence-electron chi connectivity index (χ4n) is 2.45. The van der Waals surface area contributed by atoms with Gasteiger partial charge in [0.15, 0.2) is 0 Å². The van der Waals surface area contributed by atoms with Crippen LogP contribution < -0.4 is 5.14 Å². The largest absolute Gasteiger partial charge is 0.338 e. The van der Waals surface area contributed by atoms with Crippen LogP contribution in [0.15, 0.2) is 76.5 Å². The Morgan fingerprint density at radius 1 is 1.00 bits per heavy atom. The monoisotopic (exact) mass is 417 g/mol. The molecule has 0 fully saturated rings. The number of hydrogen-bond acceptors (Lipinski definition) is 4. The van der Waals surface area contributed by atoms with Crippen LogP contribution in [0, 0.1) is 5.82 Å². The molecule has 1 aromatic heterocycles. The number of hydrogen-bond donors (Lipinski definition) is 2. The number of benzene rings is 3. The van der Waals surface area contributed by atoms with E-state index in [-0.39, 0.29) is 5.02 Å². The van der Waals surface area contributed by atoms with Gasteiger partial charge < -0.3 is 4.98 Å². The minimum absolute atomic E-state index is 0.138. The van der Waals surface area contributed by atoms with Crippen LogP contribution in [0.4, 0.5) is 4.39 Å². The molecule has 0 radical (unpaired) electrons. The van der Waals surface area contributed by atoms with E-state index in [9.17, 15) is 4.39 Å². The number of nitrogens with two attached hydrogens (primary N) is 1. The maximum Gasteiger partial charge on any atom is 0.141 e. The van der Waals surface area contributed by atoms with E-state index in [2.05, 4.69) is 9.97 Å². The zero-order chi connectivity index (χ0) is 19.2. The van der Waals surface area contributed by atoms with Crippen LogP contribution in [-0.4, -0.2) is 16.2 Å². The van der Waals surface area contributed by atoms with E-state index in [1.54, 1.807) is 12.1 Å². The van der Waals surface area contributed by atoms with Crippen molar-refractivity contribution in [3.63, 3.8) is 0 Å². The third kappa shape index (κ3) is 5.05. The molecule has 4 rings (SSSR count). The Balaban J connectivity index is 0.000000659. The van der Waals surface area contributed by atoms with E-state index >= 15 is 0 Å². The van der Waals surface area contributed by atoms with Crippen LogP contribution in [0.3, 0.4) is 0 Å². The van der Waals surface area contributed by atoms with E-state index in [1.807, 2.05) is 54.8 Å². The van der Waals surface area contributed by atoms with Gasteiger partial charge in [-0.25, -0.2) is 9.37 Å². The molecule has 0 atom stereocenters. The predicted molar refractivity (Wildman–Crippen MR) is 115 cm³/mol. The number of nitrogens with zero attached hydrogens (tertiary/aromatic N) is 1. The van der Waals surface area contributed by atoms with E-state index in [4.69, 9.17) is 16.7 Å². The summed E-state index contributed by atoms with van der Waals surface area (Å²) in [5.74, 6) is 0.443. The number of halogens is 2. The minimum atomic E-state index is -0.402. The third-order valence-electron chi connectivity index (χ3n) is 3.64. The molecule has 3 nitrogen and oxygen atoms in total. The topological polar surface area (TPSA) is 54.7 Å². The number of rotatable bonds is 3. The molecule has 27 heavy (non-hydrogen) atoms. The first-order valence-corrected chi connectivity index (χ1v) is 10.5. The summed E-state index contributed by atoms with van der Waals surface area (Å²) in [6.45, 7) is 0. The molecule has 3 aromatic carbocycles. The van der Waals surface area contributed by atoms with Gasteiger partial charge in [-0.2, -0.15) is 0 Å². The third-order valence-corrected chi connectivity index (χ3v) is 4.93. The highest BCUT2D eigenvalue weighted by molar-refractivity contribution is 7.99. The Morgan fingerprint density at radius 3 is 2.33 bits per heavy atom. The van der Waals surface area contributed by atoms with Crippen molar-refractivity contribution >= 4 is 46.3 Å². The molecule has 0 aliphatic carbocycles. The summed E-state index contributed by atoms with van der Waals surface area (Å²) in [6, 6.07) is 20.8. The Hall–Kier alpha value is -1.99. The lowest BCUT2D eigenvalue weighted by atomic mass is 10.2. The summed E-state index contributed by atoms with van der Waals surface area (Å²) < 4.78 is 13.2. The molecular formula is C20H17ClFN3S2.